The van der Waals surface area contributed by atoms with Crippen molar-refractivity contribution in [3.8, 4) is 0 Å². The molecule has 124 valence electrons. The first-order valence-electron chi connectivity index (χ1n) is 8.16. The highest BCUT2D eigenvalue weighted by atomic mass is 16.6. The number of carbonyl (C=O) groups is 1. The monoisotopic (exact) mass is 300 g/mol. The SMILES string of the molecule is CCCC(CNC(=O)OC(C)(C)C)NCC1CCC(C)O1. The summed E-state index contributed by atoms with van der Waals surface area (Å²) in [5, 5.41) is 6.35. The Labute approximate surface area is 129 Å². The molecule has 1 aliphatic heterocycles. The minimum Gasteiger partial charge on any atom is -0.444 e. The van der Waals surface area contributed by atoms with Crippen molar-refractivity contribution in [2.75, 3.05) is 13.1 Å². The lowest BCUT2D eigenvalue weighted by atomic mass is 10.1. The van der Waals surface area contributed by atoms with Crippen LogP contribution in [0.5, 0.6) is 0 Å². The van der Waals surface area contributed by atoms with Crippen molar-refractivity contribution in [2.24, 2.45) is 0 Å². The molecule has 0 saturated carbocycles. The minimum absolute atomic E-state index is 0.266. The molecule has 5 nitrogen and oxygen atoms in total. The number of amides is 1. The van der Waals surface area contributed by atoms with E-state index in [1.54, 1.807) is 0 Å². The van der Waals surface area contributed by atoms with E-state index in [9.17, 15) is 4.79 Å². The fraction of sp³-hybridized carbons (Fsp3) is 0.938. The standard InChI is InChI=1S/C16H32N2O3/c1-6-7-13(10-18-15(19)21-16(3,4)5)17-11-14-9-8-12(2)20-14/h12-14,17H,6-11H2,1-5H3,(H,18,19). The Hall–Kier alpha value is -0.810. The van der Waals surface area contributed by atoms with Crippen molar-refractivity contribution in [1.82, 2.24) is 10.6 Å². The lowest BCUT2D eigenvalue weighted by Gasteiger charge is -2.23. The van der Waals surface area contributed by atoms with E-state index in [1.165, 1.54) is 0 Å². The number of hydrogen-bond donors (Lipinski definition) is 2. The number of ether oxygens (including phenoxy) is 2. The van der Waals surface area contributed by atoms with E-state index >= 15 is 0 Å². The summed E-state index contributed by atoms with van der Waals surface area (Å²) in [7, 11) is 0. The average molecular weight is 300 g/mol. The smallest absolute Gasteiger partial charge is 0.407 e. The summed E-state index contributed by atoms with van der Waals surface area (Å²) in [6, 6.07) is 0.266. The molecule has 1 heterocycles. The second kappa shape index (κ2) is 8.59. The Bertz CT molecular complexity index is 315. The van der Waals surface area contributed by atoms with E-state index < -0.39 is 5.60 Å². The molecule has 3 unspecified atom stereocenters. The summed E-state index contributed by atoms with van der Waals surface area (Å²) in [5.74, 6) is 0. The summed E-state index contributed by atoms with van der Waals surface area (Å²) in [4.78, 5) is 11.7. The minimum atomic E-state index is -0.453. The molecular formula is C16H32N2O3. The molecule has 5 heteroatoms. The first kappa shape index (κ1) is 18.2. The van der Waals surface area contributed by atoms with Crippen LogP contribution < -0.4 is 10.6 Å². The van der Waals surface area contributed by atoms with E-state index in [0.717, 1.165) is 32.2 Å². The largest absolute Gasteiger partial charge is 0.444 e. The maximum Gasteiger partial charge on any atom is 0.407 e. The summed E-state index contributed by atoms with van der Waals surface area (Å²) in [6.45, 7) is 11.3. The fourth-order valence-electron chi connectivity index (χ4n) is 2.48. The van der Waals surface area contributed by atoms with Gasteiger partial charge in [0, 0.05) is 19.1 Å². The van der Waals surface area contributed by atoms with Crippen LogP contribution in [0.15, 0.2) is 0 Å². The van der Waals surface area contributed by atoms with Crippen LogP contribution in [0.25, 0.3) is 0 Å². The lowest BCUT2D eigenvalue weighted by Crippen LogP contribution is -2.44. The van der Waals surface area contributed by atoms with Gasteiger partial charge >= 0.3 is 6.09 Å². The van der Waals surface area contributed by atoms with Gasteiger partial charge in [-0.2, -0.15) is 0 Å². The van der Waals surface area contributed by atoms with Crippen LogP contribution in [0, 0.1) is 0 Å². The van der Waals surface area contributed by atoms with Gasteiger partial charge in [-0.25, -0.2) is 4.79 Å². The highest BCUT2D eigenvalue weighted by molar-refractivity contribution is 5.67. The first-order chi connectivity index (χ1) is 9.80. The van der Waals surface area contributed by atoms with Gasteiger partial charge in [0.1, 0.15) is 5.60 Å². The number of carbonyl (C=O) groups excluding carboxylic acids is 1. The lowest BCUT2D eigenvalue weighted by molar-refractivity contribution is 0.0500. The van der Waals surface area contributed by atoms with Crippen LogP contribution in [0.4, 0.5) is 4.79 Å². The van der Waals surface area contributed by atoms with E-state index in [0.29, 0.717) is 18.8 Å². The number of hydrogen-bond acceptors (Lipinski definition) is 4. The van der Waals surface area contributed by atoms with E-state index in [2.05, 4.69) is 24.5 Å². The predicted molar refractivity (Wildman–Crippen MR) is 84.5 cm³/mol. The van der Waals surface area contributed by atoms with Gasteiger partial charge in [0.2, 0.25) is 0 Å². The topological polar surface area (TPSA) is 59.6 Å². The highest BCUT2D eigenvalue weighted by Crippen LogP contribution is 2.18. The van der Waals surface area contributed by atoms with Crippen LogP contribution in [0.3, 0.4) is 0 Å². The van der Waals surface area contributed by atoms with Crippen LogP contribution in [-0.4, -0.2) is 43.0 Å². The Morgan fingerprint density at radius 3 is 2.62 bits per heavy atom. The molecule has 1 saturated heterocycles. The zero-order valence-corrected chi connectivity index (χ0v) is 14.2. The van der Waals surface area contributed by atoms with Gasteiger partial charge in [-0.05, 0) is 47.0 Å². The van der Waals surface area contributed by atoms with Crippen molar-refractivity contribution >= 4 is 6.09 Å². The number of rotatable bonds is 7. The first-order valence-corrected chi connectivity index (χ1v) is 8.16. The maximum absolute atomic E-state index is 11.7. The Morgan fingerprint density at radius 1 is 1.38 bits per heavy atom. The van der Waals surface area contributed by atoms with Gasteiger partial charge < -0.3 is 20.1 Å². The van der Waals surface area contributed by atoms with Gasteiger partial charge in [0.15, 0.2) is 0 Å². The van der Waals surface area contributed by atoms with Gasteiger partial charge in [0.25, 0.3) is 0 Å². The predicted octanol–water partition coefficient (Wildman–Crippen LogP) is 2.84. The third-order valence-corrected chi connectivity index (χ3v) is 3.48. The van der Waals surface area contributed by atoms with E-state index in [1.807, 2.05) is 20.8 Å². The van der Waals surface area contributed by atoms with Crippen molar-refractivity contribution in [2.45, 2.75) is 84.2 Å². The zero-order valence-electron chi connectivity index (χ0n) is 14.2. The summed E-state index contributed by atoms with van der Waals surface area (Å²) in [5.41, 5.74) is -0.453. The molecule has 1 fully saturated rings. The second-order valence-electron chi connectivity index (χ2n) is 6.92. The molecule has 0 aromatic carbocycles. The van der Waals surface area contributed by atoms with E-state index in [-0.39, 0.29) is 12.1 Å². The van der Waals surface area contributed by atoms with Gasteiger partial charge in [-0.1, -0.05) is 13.3 Å². The van der Waals surface area contributed by atoms with Crippen molar-refractivity contribution in [3.63, 3.8) is 0 Å². The molecule has 0 bridgehead atoms. The van der Waals surface area contributed by atoms with Crippen molar-refractivity contribution < 1.29 is 14.3 Å². The maximum atomic E-state index is 11.7. The normalized spacial score (nSPS) is 23.9. The molecule has 1 aliphatic rings. The van der Waals surface area contributed by atoms with Gasteiger partial charge in [0.05, 0.1) is 12.2 Å². The molecule has 3 atom stereocenters. The molecule has 1 rings (SSSR count). The fourth-order valence-corrected chi connectivity index (χ4v) is 2.48. The van der Waals surface area contributed by atoms with Crippen molar-refractivity contribution in [3.05, 3.63) is 0 Å². The van der Waals surface area contributed by atoms with Gasteiger partial charge in [-0.15, -0.1) is 0 Å². The zero-order chi connectivity index (χ0) is 15.9. The molecule has 1 amide bonds. The molecule has 21 heavy (non-hydrogen) atoms. The van der Waals surface area contributed by atoms with E-state index in [4.69, 9.17) is 9.47 Å². The van der Waals surface area contributed by atoms with Gasteiger partial charge in [-0.3, -0.25) is 0 Å². The van der Waals surface area contributed by atoms with Crippen molar-refractivity contribution in [1.29, 1.82) is 0 Å². The molecular weight excluding hydrogens is 268 g/mol. The average Bonchev–Trinajstić information content (AvgIpc) is 2.76. The molecule has 0 aromatic rings. The van der Waals surface area contributed by atoms with Crippen LogP contribution >= 0.6 is 0 Å². The molecule has 0 aromatic heterocycles. The van der Waals surface area contributed by atoms with Crippen LogP contribution in [0.1, 0.15) is 60.3 Å². The highest BCUT2D eigenvalue weighted by Gasteiger charge is 2.23. The molecule has 0 radical (unpaired) electrons. The third kappa shape index (κ3) is 8.27. The Kier molecular flexibility index (Phi) is 7.46. The Balaban J connectivity index is 2.27. The summed E-state index contributed by atoms with van der Waals surface area (Å²) in [6.07, 6.45) is 4.69. The Morgan fingerprint density at radius 2 is 2.10 bits per heavy atom. The second-order valence-corrected chi connectivity index (χ2v) is 6.92. The number of nitrogens with one attached hydrogen (secondary N) is 2. The van der Waals surface area contributed by atoms with Crippen LogP contribution in [0.2, 0.25) is 0 Å². The van der Waals surface area contributed by atoms with Crippen LogP contribution in [-0.2, 0) is 9.47 Å². The molecule has 2 N–H and O–H groups in total. The molecule has 0 spiro atoms. The quantitative estimate of drug-likeness (QED) is 0.759. The molecule has 0 aliphatic carbocycles. The summed E-state index contributed by atoms with van der Waals surface area (Å²) >= 11 is 0. The third-order valence-electron chi connectivity index (χ3n) is 3.48. The number of alkyl carbamates (subject to hydrolysis) is 1. The summed E-state index contributed by atoms with van der Waals surface area (Å²) < 4.78 is 11.1.